The van der Waals surface area contributed by atoms with Gasteiger partial charge >= 0.3 is 0 Å². The summed E-state index contributed by atoms with van der Waals surface area (Å²) in [4.78, 5) is 39.2. The summed E-state index contributed by atoms with van der Waals surface area (Å²) < 4.78 is 0. The Bertz CT molecular complexity index is 1230. The van der Waals surface area contributed by atoms with Crippen molar-refractivity contribution in [2.24, 2.45) is 16.6 Å². The molecule has 180 valence electrons. The van der Waals surface area contributed by atoms with E-state index in [0.717, 1.165) is 12.8 Å². The Morgan fingerprint density at radius 3 is 2.63 bits per heavy atom. The topological polar surface area (TPSA) is 114 Å². The summed E-state index contributed by atoms with van der Waals surface area (Å²) in [6, 6.07) is 17.2. The van der Waals surface area contributed by atoms with E-state index < -0.39 is 0 Å². The van der Waals surface area contributed by atoms with Gasteiger partial charge in [0.15, 0.2) is 5.82 Å². The Kier molecular flexibility index (Phi) is 7.72. The Morgan fingerprint density at radius 2 is 1.91 bits per heavy atom. The zero-order valence-corrected chi connectivity index (χ0v) is 20.2. The second-order valence-electron chi connectivity index (χ2n) is 8.48. The van der Waals surface area contributed by atoms with Crippen LogP contribution in [0.3, 0.4) is 0 Å². The van der Waals surface area contributed by atoms with Gasteiger partial charge in [-0.2, -0.15) is 4.98 Å². The predicted molar refractivity (Wildman–Crippen MR) is 138 cm³/mol. The van der Waals surface area contributed by atoms with Crippen molar-refractivity contribution in [1.29, 1.82) is 0 Å². The molecule has 1 aliphatic carbocycles. The average Bonchev–Trinajstić information content (AvgIpc) is 3.34. The third-order valence-corrected chi connectivity index (χ3v) is 6.23. The first-order chi connectivity index (χ1) is 16.9. The minimum Gasteiger partial charge on any atom is -0.369 e. The van der Waals surface area contributed by atoms with E-state index in [1.165, 1.54) is 11.8 Å². The molecule has 1 fully saturated rings. The molecule has 1 atom stereocenters. The first kappa shape index (κ1) is 24.3. The lowest BCUT2D eigenvalue weighted by molar-refractivity contribution is -0.119. The highest BCUT2D eigenvalue weighted by Crippen LogP contribution is 2.29. The molecule has 9 heteroatoms. The van der Waals surface area contributed by atoms with Crippen molar-refractivity contribution < 1.29 is 9.59 Å². The maximum absolute atomic E-state index is 12.8. The van der Waals surface area contributed by atoms with Gasteiger partial charge in [-0.25, -0.2) is 9.98 Å². The van der Waals surface area contributed by atoms with Gasteiger partial charge in [0.2, 0.25) is 11.9 Å². The average molecular weight is 491 g/mol. The van der Waals surface area contributed by atoms with E-state index in [-0.39, 0.29) is 22.8 Å². The molecule has 1 aromatic heterocycles. The highest BCUT2D eigenvalue weighted by atomic mass is 35.5. The molecule has 8 nitrogen and oxygen atoms in total. The maximum Gasteiger partial charge on any atom is 0.253 e. The molecule has 1 saturated carbocycles. The van der Waals surface area contributed by atoms with Crippen LogP contribution in [0.1, 0.15) is 35.2 Å². The third kappa shape index (κ3) is 6.22. The molecule has 1 aliphatic rings. The molecule has 3 N–H and O–H groups in total. The van der Waals surface area contributed by atoms with E-state index in [9.17, 15) is 9.59 Å². The van der Waals surface area contributed by atoms with Gasteiger partial charge in [0, 0.05) is 30.6 Å². The van der Waals surface area contributed by atoms with Gasteiger partial charge < -0.3 is 16.0 Å². The summed E-state index contributed by atoms with van der Waals surface area (Å²) in [7, 11) is 1.80. The van der Waals surface area contributed by atoms with Crippen LogP contribution in [-0.4, -0.2) is 46.0 Å². The third-order valence-electron chi connectivity index (χ3n) is 5.96. The number of aromatic nitrogens is 2. The van der Waals surface area contributed by atoms with Crippen molar-refractivity contribution in [3.8, 4) is 0 Å². The van der Waals surface area contributed by atoms with Crippen LogP contribution in [-0.2, 0) is 11.2 Å². The first-order valence-electron chi connectivity index (χ1n) is 11.5. The summed E-state index contributed by atoms with van der Waals surface area (Å²) in [5.41, 5.74) is 8.68. The molecular weight excluding hydrogens is 464 g/mol. The fraction of sp³-hybridized carbons (Fsp3) is 0.269. The molecule has 0 spiro atoms. The minimum absolute atomic E-state index is 0.0473. The zero-order valence-electron chi connectivity index (χ0n) is 19.4. The number of amides is 2. The lowest BCUT2D eigenvalue weighted by atomic mass is 10.1. The number of hydrogen-bond acceptors (Lipinski definition) is 6. The van der Waals surface area contributed by atoms with Crippen molar-refractivity contribution in [2.75, 3.05) is 18.9 Å². The number of nitrogens with zero attached hydrogens (tertiary/aromatic N) is 4. The zero-order chi connectivity index (χ0) is 24.8. The van der Waals surface area contributed by atoms with Crippen molar-refractivity contribution in [3.63, 3.8) is 0 Å². The lowest BCUT2D eigenvalue weighted by Crippen LogP contribution is -2.28. The quantitative estimate of drug-likeness (QED) is 0.481. The first-order valence-corrected chi connectivity index (χ1v) is 11.8. The van der Waals surface area contributed by atoms with Crippen molar-refractivity contribution in [3.05, 3.63) is 76.9 Å². The van der Waals surface area contributed by atoms with E-state index in [0.29, 0.717) is 48.1 Å². The Morgan fingerprint density at radius 1 is 1.17 bits per heavy atom. The van der Waals surface area contributed by atoms with E-state index >= 15 is 0 Å². The molecule has 0 radical (unpaired) electrons. The van der Waals surface area contributed by atoms with Gasteiger partial charge in [0.25, 0.3) is 5.91 Å². The molecule has 2 aromatic carbocycles. The Hall–Kier alpha value is -3.78. The fourth-order valence-corrected chi connectivity index (χ4v) is 4.12. The number of carbonyl (C=O) groups is 2. The van der Waals surface area contributed by atoms with Gasteiger partial charge in [0.05, 0.1) is 12.1 Å². The van der Waals surface area contributed by atoms with Crippen LogP contribution in [0.4, 0.5) is 17.5 Å². The molecule has 1 heterocycles. The summed E-state index contributed by atoms with van der Waals surface area (Å²) in [6.07, 6.45) is 4.49. The Balaban J connectivity index is 1.41. The number of primary amides is 1. The molecule has 0 saturated heterocycles. The largest absolute Gasteiger partial charge is 0.369 e. The van der Waals surface area contributed by atoms with Crippen molar-refractivity contribution >= 4 is 46.6 Å². The highest BCUT2D eigenvalue weighted by molar-refractivity contribution is 6.32. The highest BCUT2D eigenvalue weighted by Gasteiger charge is 2.27. The second-order valence-corrected chi connectivity index (χ2v) is 8.89. The molecule has 35 heavy (non-hydrogen) atoms. The molecule has 0 unspecified atom stereocenters. The summed E-state index contributed by atoms with van der Waals surface area (Å²) in [6.45, 7) is 0.628. The second kappa shape index (κ2) is 11.1. The standard InChI is InChI=1S/C26H27ClN6O2/c1-33(15-14-17-6-3-2-4-7-17)25(35)18-10-12-19(13-11-18)30-26-29-16-21(27)24(32-26)31-22-9-5-8-20(22)23(28)34/h2-4,6-7,10-13,16,20H,5,8-9,14-15H2,1H3,(H2,28,34)(H,29,30,32)/t20-/m0/s1. The van der Waals surface area contributed by atoms with E-state index in [4.69, 9.17) is 17.3 Å². The smallest absolute Gasteiger partial charge is 0.253 e. The van der Waals surface area contributed by atoms with Crippen LogP contribution in [0, 0.1) is 5.92 Å². The molecule has 4 rings (SSSR count). The van der Waals surface area contributed by atoms with Crippen molar-refractivity contribution in [1.82, 2.24) is 14.9 Å². The fourth-order valence-electron chi connectivity index (χ4n) is 3.99. The molecule has 0 aliphatic heterocycles. The normalized spacial score (nSPS) is 16.3. The number of likely N-dealkylation sites (N-methyl/N-ethyl adjacent to an activating group) is 1. The molecular formula is C26H27ClN6O2. The molecule has 0 bridgehead atoms. The summed E-state index contributed by atoms with van der Waals surface area (Å²) >= 11 is 6.24. The number of aliphatic imine (C=N–C) groups is 1. The van der Waals surface area contributed by atoms with Crippen LogP contribution in [0.25, 0.3) is 0 Å². The minimum atomic E-state index is -0.384. The number of rotatable bonds is 8. The number of carbonyl (C=O) groups excluding carboxylic acids is 2. The van der Waals surface area contributed by atoms with Gasteiger partial charge in [-0.15, -0.1) is 0 Å². The summed E-state index contributed by atoms with van der Waals surface area (Å²) in [5, 5.41) is 3.40. The van der Waals surface area contributed by atoms with E-state index in [2.05, 4.69) is 32.4 Å². The lowest BCUT2D eigenvalue weighted by Gasteiger charge is -2.17. The SMILES string of the molecule is CN(CCc1ccccc1)C(=O)c1ccc(Nc2ncc(Cl)c(N=C3CCC[C@@H]3C(N)=O)n2)cc1. The van der Waals surface area contributed by atoms with Gasteiger partial charge in [0.1, 0.15) is 5.02 Å². The predicted octanol–water partition coefficient (Wildman–Crippen LogP) is 4.55. The van der Waals surface area contributed by atoms with Crippen molar-refractivity contribution in [2.45, 2.75) is 25.7 Å². The maximum atomic E-state index is 12.8. The van der Waals surface area contributed by atoms with Crippen LogP contribution in [0.5, 0.6) is 0 Å². The van der Waals surface area contributed by atoms with Gasteiger partial charge in [-0.3, -0.25) is 9.59 Å². The van der Waals surface area contributed by atoms with Gasteiger partial charge in [-0.05, 0) is 55.5 Å². The van der Waals surface area contributed by atoms with Crippen LogP contribution < -0.4 is 11.1 Å². The van der Waals surface area contributed by atoms with Crippen LogP contribution >= 0.6 is 11.6 Å². The number of benzene rings is 2. The number of nitrogens with one attached hydrogen (secondary N) is 1. The molecule has 2 amide bonds. The number of halogens is 1. The number of nitrogens with two attached hydrogens (primary N) is 1. The number of hydrogen-bond donors (Lipinski definition) is 2. The van der Waals surface area contributed by atoms with E-state index in [1.807, 2.05) is 18.2 Å². The van der Waals surface area contributed by atoms with Gasteiger partial charge in [-0.1, -0.05) is 41.9 Å². The monoisotopic (exact) mass is 490 g/mol. The summed E-state index contributed by atoms with van der Waals surface area (Å²) in [5.74, 6) is -0.215. The molecule has 3 aromatic rings. The van der Waals surface area contributed by atoms with Crippen LogP contribution in [0.15, 0.2) is 65.8 Å². The van der Waals surface area contributed by atoms with E-state index in [1.54, 1.807) is 36.2 Å². The Labute approximate surface area is 209 Å². The number of anilines is 2. The van der Waals surface area contributed by atoms with Crippen LogP contribution in [0.2, 0.25) is 5.02 Å².